The van der Waals surface area contributed by atoms with Crippen LogP contribution in [-0.4, -0.2) is 0 Å². The highest BCUT2D eigenvalue weighted by molar-refractivity contribution is 5.22. The summed E-state index contributed by atoms with van der Waals surface area (Å²) in [6.07, 6.45) is 32.2. The molecular formula is C36H54FN. The topological polar surface area (TPSA) is 23.8 Å². The third-order valence-electron chi connectivity index (χ3n) is 9.60. The minimum atomic E-state index is -0.708. The van der Waals surface area contributed by atoms with Crippen molar-refractivity contribution in [1.29, 1.82) is 5.26 Å². The summed E-state index contributed by atoms with van der Waals surface area (Å²) in [6, 6.07) is 11.0. The lowest BCUT2D eigenvalue weighted by Crippen LogP contribution is -2.25. The molecule has 1 nitrogen and oxygen atoms in total. The van der Waals surface area contributed by atoms with Crippen molar-refractivity contribution < 1.29 is 4.39 Å². The Hall–Kier alpha value is -1.88. The van der Waals surface area contributed by atoms with Crippen molar-refractivity contribution in [3.05, 3.63) is 59.4 Å². The Kier molecular flexibility index (Phi) is 14.9. The highest BCUT2D eigenvalue weighted by Crippen LogP contribution is 2.43. The maximum atomic E-state index is 12.8. The van der Waals surface area contributed by atoms with Gasteiger partial charge in [0.2, 0.25) is 0 Å². The number of aryl methyl sites for hydroxylation is 2. The molecule has 38 heavy (non-hydrogen) atoms. The van der Waals surface area contributed by atoms with Crippen LogP contribution >= 0.6 is 0 Å². The molecule has 2 saturated carbocycles. The summed E-state index contributed by atoms with van der Waals surface area (Å²) < 4.78 is 12.8. The van der Waals surface area contributed by atoms with Crippen molar-refractivity contribution in [2.45, 2.75) is 135 Å². The molecule has 2 aliphatic carbocycles. The first-order chi connectivity index (χ1) is 18.7. The number of nitrogens with zero attached hydrogens (tertiary/aromatic N) is 1. The van der Waals surface area contributed by atoms with Crippen LogP contribution < -0.4 is 0 Å². The Morgan fingerprint density at radius 1 is 0.763 bits per heavy atom. The van der Waals surface area contributed by atoms with Crippen LogP contribution in [0.15, 0.2) is 48.3 Å². The van der Waals surface area contributed by atoms with Crippen LogP contribution in [0.25, 0.3) is 0 Å². The average molecular weight is 520 g/mol. The van der Waals surface area contributed by atoms with Crippen LogP contribution in [0.5, 0.6) is 0 Å². The van der Waals surface area contributed by atoms with E-state index in [4.69, 9.17) is 5.26 Å². The maximum Gasteiger partial charge on any atom is 0.199 e. The number of allylic oxidation sites excluding steroid dienone is 4. The Bertz CT molecular complexity index is 844. The second-order valence-corrected chi connectivity index (χ2v) is 12.4. The van der Waals surface area contributed by atoms with E-state index in [9.17, 15) is 4.39 Å². The van der Waals surface area contributed by atoms with Crippen LogP contribution in [-0.2, 0) is 12.8 Å². The standard InChI is InChI=1S/C36H54FN/c1-2-3-4-5-7-12-30-17-19-31(20-18-30)14-10-11-15-33-23-27-35(28-24-33)34-25-21-32(22-26-34)13-8-6-9-16-36(37)29-38/h6,9,16-20,32-35H,2-5,7-8,10-15,21-28H2,1H3/b9-6+,36-16-. The molecule has 0 heterocycles. The quantitative estimate of drug-likeness (QED) is 0.121. The highest BCUT2D eigenvalue weighted by Gasteiger charge is 2.30. The van der Waals surface area contributed by atoms with Crippen LogP contribution in [0.4, 0.5) is 4.39 Å². The number of halogens is 1. The molecule has 0 bridgehead atoms. The van der Waals surface area contributed by atoms with Crippen molar-refractivity contribution in [1.82, 2.24) is 0 Å². The zero-order valence-electron chi connectivity index (χ0n) is 24.3. The molecule has 0 aromatic heterocycles. The zero-order valence-corrected chi connectivity index (χ0v) is 24.3. The van der Waals surface area contributed by atoms with Crippen molar-refractivity contribution in [3.63, 3.8) is 0 Å². The third-order valence-corrected chi connectivity index (χ3v) is 9.60. The molecule has 210 valence electrons. The minimum absolute atomic E-state index is 0.708. The molecule has 0 unspecified atom stereocenters. The van der Waals surface area contributed by atoms with E-state index in [0.717, 1.165) is 30.1 Å². The van der Waals surface area contributed by atoms with Crippen molar-refractivity contribution in [2.24, 2.45) is 23.7 Å². The van der Waals surface area contributed by atoms with Gasteiger partial charge in [-0.1, -0.05) is 108 Å². The van der Waals surface area contributed by atoms with E-state index in [2.05, 4.69) is 31.2 Å². The van der Waals surface area contributed by atoms with Crippen molar-refractivity contribution in [2.75, 3.05) is 0 Å². The first-order valence-corrected chi connectivity index (χ1v) is 16.2. The van der Waals surface area contributed by atoms with Gasteiger partial charge >= 0.3 is 0 Å². The van der Waals surface area contributed by atoms with Gasteiger partial charge in [0, 0.05) is 0 Å². The molecule has 1 aromatic rings. The van der Waals surface area contributed by atoms with Gasteiger partial charge in [-0.15, -0.1) is 0 Å². The molecule has 3 rings (SSSR count). The molecule has 0 N–H and O–H groups in total. The number of rotatable bonds is 16. The minimum Gasteiger partial charge on any atom is -0.195 e. The van der Waals surface area contributed by atoms with E-state index in [0.29, 0.717) is 0 Å². The molecule has 0 saturated heterocycles. The first-order valence-electron chi connectivity index (χ1n) is 16.2. The number of unbranched alkanes of at least 4 members (excludes halogenated alkanes) is 5. The second kappa shape index (κ2) is 18.4. The van der Waals surface area contributed by atoms with E-state index < -0.39 is 5.83 Å². The molecular weight excluding hydrogens is 465 g/mol. The van der Waals surface area contributed by atoms with Gasteiger partial charge in [-0.05, 0) is 105 Å². The summed E-state index contributed by atoms with van der Waals surface area (Å²) in [5, 5.41) is 8.44. The van der Waals surface area contributed by atoms with E-state index in [1.807, 2.05) is 6.08 Å². The van der Waals surface area contributed by atoms with E-state index in [1.54, 1.807) is 6.08 Å². The van der Waals surface area contributed by atoms with Crippen molar-refractivity contribution >= 4 is 0 Å². The summed E-state index contributed by atoms with van der Waals surface area (Å²) in [5.41, 5.74) is 3.05. The van der Waals surface area contributed by atoms with Crippen molar-refractivity contribution in [3.8, 4) is 6.07 Å². The molecule has 0 spiro atoms. The summed E-state index contributed by atoms with van der Waals surface area (Å²) in [6.45, 7) is 2.28. The Balaban J connectivity index is 1.21. The Labute approximate surface area is 234 Å². The number of hydrogen-bond acceptors (Lipinski definition) is 1. The summed E-state index contributed by atoms with van der Waals surface area (Å²) in [4.78, 5) is 0. The second-order valence-electron chi connectivity index (χ2n) is 12.4. The van der Waals surface area contributed by atoms with Gasteiger partial charge in [0.25, 0.3) is 0 Å². The molecule has 2 heteroatoms. The number of hydrogen-bond donors (Lipinski definition) is 0. The largest absolute Gasteiger partial charge is 0.199 e. The van der Waals surface area contributed by atoms with E-state index in [-0.39, 0.29) is 0 Å². The van der Waals surface area contributed by atoms with Crippen LogP contribution in [0.2, 0.25) is 0 Å². The Morgan fingerprint density at radius 3 is 1.84 bits per heavy atom. The van der Waals surface area contributed by atoms with Crippen LogP contribution in [0.3, 0.4) is 0 Å². The SMILES string of the molecule is CCCCCCCc1ccc(CCCCC2CCC(C3CCC(CC/C=C/C=C(\F)C#N)CC3)CC2)cc1. The highest BCUT2D eigenvalue weighted by atomic mass is 19.1. The fourth-order valence-electron chi connectivity index (χ4n) is 7.08. The molecule has 0 aliphatic heterocycles. The van der Waals surface area contributed by atoms with Crippen LogP contribution in [0, 0.1) is 35.0 Å². The number of nitriles is 1. The molecule has 2 fully saturated rings. The normalized spacial score (nSPS) is 24.5. The van der Waals surface area contributed by atoms with E-state index >= 15 is 0 Å². The predicted octanol–water partition coefficient (Wildman–Crippen LogP) is 11.2. The fraction of sp³-hybridized carbons (Fsp3) is 0.694. The molecule has 0 atom stereocenters. The van der Waals surface area contributed by atoms with Gasteiger partial charge in [0.05, 0.1) is 0 Å². The smallest absolute Gasteiger partial charge is 0.195 e. The predicted molar refractivity (Wildman–Crippen MR) is 161 cm³/mol. The van der Waals surface area contributed by atoms with Gasteiger partial charge in [0.15, 0.2) is 5.83 Å². The first kappa shape index (κ1) is 30.7. The zero-order chi connectivity index (χ0) is 26.8. The lowest BCUT2D eigenvalue weighted by molar-refractivity contribution is 0.140. The van der Waals surface area contributed by atoms with Gasteiger partial charge < -0.3 is 0 Å². The Morgan fingerprint density at radius 2 is 1.29 bits per heavy atom. The average Bonchev–Trinajstić information content (AvgIpc) is 2.96. The number of benzene rings is 1. The molecule has 1 aromatic carbocycles. The third kappa shape index (κ3) is 11.9. The van der Waals surface area contributed by atoms with Gasteiger partial charge in [0.1, 0.15) is 6.07 Å². The fourth-order valence-corrected chi connectivity index (χ4v) is 7.08. The summed E-state index contributed by atoms with van der Waals surface area (Å²) >= 11 is 0. The van der Waals surface area contributed by atoms with E-state index in [1.165, 1.54) is 145 Å². The van der Waals surface area contributed by atoms with Gasteiger partial charge in [-0.3, -0.25) is 0 Å². The van der Waals surface area contributed by atoms with Gasteiger partial charge in [-0.2, -0.15) is 9.65 Å². The van der Waals surface area contributed by atoms with Gasteiger partial charge in [-0.25, -0.2) is 0 Å². The lowest BCUT2D eigenvalue weighted by Gasteiger charge is -2.38. The molecule has 0 radical (unpaired) electrons. The summed E-state index contributed by atoms with van der Waals surface area (Å²) in [7, 11) is 0. The maximum absolute atomic E-state index is 12.8. The summed E-state index contributed by atoms with van der Waals surface area (Å²) in [5.74, 6) is 3.06. The van der Waals surface area contributed by atoms with Crippen LogP contribution in [0.1, 0.15) is 134 Å². The lowest BCUT2D eigenvalue weighted by atomic mass is 9.68. The molecule has 2 aliphatic rings. The monoisotopic (exact) mass is 519 g/mol. The molecule has 0 amide bonds.